The molecule has 10 heavy (non-hydrogen) atoms. The zero-order valence-electron chi connectivity index (χ0n) is 6.13. The van der Waals surface area contributed by atoms with E-state index in [-0.39, 0.29) is 0 Å². The third-order valence-corrected chi connectivity index (χ3v) is 1.75. The Bertz CT molecular complexity index is 151. The quantitative estimate of drug-likeness (QED) is 0.470. The van der Waals surface area contributed by atoms with E-state index in [2.05, 4.69) is 0 Å². The maximum atomic E-state index is 12.7. The van der Waals surface area contributed by atoms with Gasteiger partial charge in [0.1, 0.15) is 14.0 Å². The number of Topliss-reactive ketones (excluding diaryl/α,β-unsaturated/α-hetero) is 1. The van der Waals surface area contributed by atoms with E-state index in [0.29, 0.717) is 6.42 Å². The third kappa shape index (κ3) is 1.08. The number of halogens is 1. The summed E-state index contributed by atoms with van der Waals surface area (Å²) in [4.78, 5) is 10.8. The Hall–Kier alpha value is -0.375. The minimum Gasteiger partial charge on any atom is -0.373 e. The third-order valence-electron chi connectivity index (χ3n) is 1.75. The van der Waals surface area contributed by atoms with E-state index in [1.165, 1.54) is 0 Å². The predicted molar refractivity (Wildman–Crippen MR) is 37.4 cm³/mol. The van der Waals surface area contributed by atoms with Crippen LogP contribution in [0.4, 0.5) is 4.39 Å². The molecule has 0 N–H and O–H groups in total. The zero-order chi connectivity index (χ0) is 7.72. The lowest BCUT2D eigenvalue weighted by molar-refractivity contribution is -0.125. The van der Waals surface area contributed by atoms with Crippen molar-refractivity contribution in [2.45, 2.75) is 31.6 Å². The van der Waals surface area contributed by atoms with Crippen molar-refractivity contribution in [3.05, 3.63) is 0 Å². The number of alkyl halides is 1. The van der Waals surface area contributed by atoms with Crippen molar-refractivity contribution in [2.24, 2.45) is 0 Å². The van der Waals surface area contributed by atoms with Crippen LogP contribution in [-0.4, -0.2) is 31.9 Å². The van der Waals surface area contributed by atoms with Gasteiger partial charge in [0.2, 0.25) is 0 Å². The lowest BCUT2D eigenvalue weighted by atomic mass is 9.95. The SMILES string of the molecule is B[C@@H]1O[C@H](CC)C(=O)[C@H]1F. The van der Waals surface area contributed by atoms with E-state index in [4.69, 9.17) is 4.74 Å². The van der Waals surface area contributed by atoms with Gasteiger partial charge in [0.25, 0.3) is 0 Å². The van der Waals surface area contributed by atoms with Gasteiger partial charge in [-0.3, -0.25) is 4.79 Å². The number of hydrogen-bond donors (Lipinski definition) is 0. The first-order valence-electron chi connectivity index (χ1n) is 3.50. The summed E-state index contributed by atoms with van der Waals surface area (Å²) in [5.41, 5.74) is 0. The average molecular weight is 144 g/mol. The van der Waals surface area contributed by atoms with Crippen LogP contribution in [-0.2, 0) is 9.53 Å². The fourth-order valence-electron chi connectivity index (χ4n) is 1.10. The summed E-state index contributed by atoms with van der Waals surface area (Å²) in [6, 6.07) is -0.544. The predicted octanol–water partition coefficient (Wildman–Crippen LogP) is -0.338. The summed E-state index contributed by atoms with van der Waals surface area (Å²) in [6.07, 6.45) is -1.32. The van der Waals surface area contributed by atoms with E-state index in [0.717, 1.165) is 0 Å². The van der Waals surface area contributed by atoms with Gasteiger partial charge in [0.05, 0.1) is 6.00 Å². The monoisotopic (exact) mass is 144 g/mol. The van der Waals surface area contributed by atoms with E-state index < -0.39 is 24.1 Å². The van der Waals surface area contributed by atoms with Gasteiger partial charge in [0.15, 0.2) is 12.0 Å². The van der Waals surface area contributed by atoms with Gasteiger partial charge in [-0.15, -0.1) is 0 Å². The fraction of sp³-hybridized carbons (Fsp3) is 0.833. The van der Waals surface area contributed by atoms with Crippen LogP contribution in [0.25, 0.3) is 0 Å². The van der Waals surface area contributed by atoms with E-state index in [9.17, 15) is 9.18 Å². The van der Waals surface area contributed by atoms with Crippen molar-refractivity contribution >= 4 is 13.6 Å². The molecule has 0 saturated carbocycles. The Labute approximate surface area is 60.2 Å². The highest BCUT2D eigenvalue weighted by Crippen LogP contribution is 2.19. The highest BCUT2D eigenvalue weighted by molar-refractivity contribution is 6.15. The van der Waals surface area contributed by atoms with Crippen LogP contribution in [0.1, 0.15) is 13.3 Å². The Morgan fingerprint density at radius 3 is 2.60 bits per heavy atom. The lowest BCUT2D eigenvalue weighted by Crippen LogP contribution is -2.22. The second-order valence-corrected chi connectivity index (χ2v) is 2.54. The van der Waals surface area contributed by atoms with Crippen LogP contribution >= 0.6 is 0 Å². The molecule has 1 saturated heterocycles. The molecule has 1 rings (SSSR count). The molecule has 0 amide bonds. The molecule has 4 heteroatoms. The molecule has 0 aromatic heterocycles. The van der Waals surface area contributed by atoms with Crippen molar-refractivity contribution in [2.75, 3.05) is 0 Å². The van der Waals surface area contributed by atoms with Crippen molar-refractivity contribution in [3.8, 4) is 0 Å². The van der Waals surface area contributed by atoms with Crippen LogP contribution in [0, 0.1) is 0 Å². The molecule has 0 aromatic rings. The van der Waals surface area contributed by atoms with Crippen LogP contribution in [0.3, 0.4) is 0 Å². The largest absolute Gasteiger partial charge is 0.373 e. The zero-order valence-corrected chi connectivity index (χ0v) is 6.13. The molecule has 0 bridgehead atoms. The van der Waals surface area contributed by atoms with Crippen molar-refractivity contribution in [3.63, 3.8) is 0 Å². The number of rotatable bonds is 1. The van der Waals surface area contributed by atoms with Crippen LogP contribution < -0.4 is 0 Å². The molecule has 1 fully saturated rings. The molecule has 2 nitrogen and oxygen atoms in total. The minimum absolute atomic E-state index is 0.394. The molecule has 0 unspecified atom stereocenters. The Kier molecular flexibility index (Phi) is 2.09. The second-order valence-electron chi connectivity index (χ2n) is 2.54. The van der Waals surface area contributed by atoms with E-state index in [1.54, 1.807) is 7.85 Å². The first-order chi connectivity index (χ1) is 4.66. The lowest BCUT2D eigenvalue weighted by Gasteiger charge is -2.03. The topological polar surface area (TPSA) is 26.3 Å². The molecule has 1 aliphatic heterocycles. The van der Waals surface area contributed by atoms with Gasteiger partial charge in [-0.05, 0) is 6.42 Å². The highest BCUT2D eigenvalue weighted by Gasteiger charge is 2.39. The molecule has 0 aliphatic carbocycles. The second kappa shape index (κ2) is 2.70. The van der Waals surface area contributed by atoms with Crippen LogP contribution in [0.5, 0.6) is 0 Å². The Morgan fingerprint density at radius 1 is 1.80 bits per heavy atom. The summed E-state index contributed by atoms with van der Waals surface area (Å²) < 4.78 is 17.7. The maximum absolute atomic E-state index is 12.7. The summed E-state index contributed by atoms with van der Waals surface area (Å²) in [6.45, 7) is 1.81. The van der Waals surface area contributed by atoms with Crippen LogP contribution in [0.2, 0.25) is 0 Å². The molecular formula is C6H10BFO2. The number of carbonyl (C=O) groups is 1. The summed E-state index contributed by atoms with van der Waals surface area (Å²) in [7, 11) is 1.58. The maximum Gasteiger partial charge on any atom is 0.197 e. The average Bonchev–Trinajstić information content (AvgIpc) is 2.17. The normalized spacial score (nSPS) is 40.6. The summed E-state index contributed by atoms with van der Waals surface area (Å²) >= 11 is 0. The van der Waals surface area contributed by atoms with Crippen molar-refractivity contribution < 1.29 is 13.9 Å². The van der Waals surface area contributed by atoms with Gasteiger partial charge in [-0.25, -0.2) is 4.39 Å². The molecule has 1 aliphatic rings. The smallest absolute Gasteiger partial charge is 0.197 e. The van der Waals surface area contributed by atoms with Gasteiger partial charge >= 0.3 is 0 Å². The molecule has 1 heterocycles. The van der Waals surface area contributed by atoms with Gasteiger partial charge in [-0.1, -0.05) is 6.92 Å². The van der Waals surface area contributed by atoms with Crippen LogP contribution in [0.15, 0.2) is 0 Å². The molecule has 0 aromatic carbocycles. The molecule has 3 atom stereocenters. The van der Waals surface area contributed by atoms with Gasteiger partial charge < -0.3 is 4.74 Å². The van der Waals surface area contributed by atoms with E-state index in [1.807, 2.05) is 6.92 Å². The standard InChI is InChI=1S/C6H10BFO2/c1-2-3-5(9)4(8)6(7)10-3/h3-4,6H,2,7H2,1H3/t3-,4-,6-/m1/s1. The highest BCUT2D eigenvalue weighted by atomic mass is 19.1. The first-order valence-corrected chi connectivity index (χ1v) is 3.50. The number of hydrogen-bond acceptors (Lipinski definition) is 2. The van der Waals surface area contributed by atoms with Crippen molar-refractivity contribution in [1.82, 2.24) is 0 Å². The van der Waals surface area contributed by atoms with Crippen molar-refractivity contribution in [1.29, 1.82) is 0 Å². The Balaban J connectivity index is 2.62. The molecule has 0 radical (unpaired) electrons. The number of ketones is 1. The fourth-order valence-corrected chi connectivity index (χ4v) is 1.10. The van der Waals surface area contributed by atoms with Gasteiger partial charge in [0, 0.05) is 0 Å². The number of ether oxygens (including phenoxy) is 1. The summed E-state index contributed by atoms with van der Waals surface area (Å²) in [5, 5.41) is 0. The summed E-state index contributed by atoms with van der Waals surface area (Å²) in [5.74, 6) is -0.394. The molecule has 0 spiro atoms. The first kappa shape index (κ1) is 7.73. The Morgan fingerprint density at radius 2 is 2.40 bits per heavy atom. The minimum atomic E-state index is -1.40. The van der Waals surface area contributed by atoms with Gasteiger partial charge in [-0.2, -0.15) is 0 Å². The molecular weight excluding hydrogens is 134 g/mol. The molecule has 56 valence electrons. The van der Waals surface area contributed by atoms with E-state index >= 15 is 0 Å². The number of carbonyl (C=O) groups excluding carboxylic acids is 1.